The van der Waals surface area contributed by atoms with Crippen LogP contribution in [0.2, 0.25) is 0 Å². The van der Waals surface area contributed by atoms with Gasteiger partial charge in [-0.2, -0.15) is 0 Å². The number of amides is 1. The number of fused-ring (bicyclic) bond motifs is 1. The minimum atomic E-state index is -0.186. The molecule has 4 heterocycles. The standard InChI is InChI=1S/C31H38N4O6/c1-19-12-21(30(36)32-22-16-39-17-22)13-20(2)25(19)6-8-35-29(28-7-10-41-28)33-27-14-23(4-5-26(27)31(35)37)34-9-11-40-24(15-34)18-38-3/h4-5,12-14,22,24,28H,6-11,15-18H2,1-3H3,(H,32,36)/t24-,28-/m1/s1. The molecule has 0 saturated carbocycles. The smallest absolute Gasteiger partial charge is 0.261 e. The van der Waals surface area contributed by atoms with Gasteiger partial charge in [0.2, 0.25) is 0 Å². The molecule has 1 N–H and O–H groups in total. The first-order valence-corrected chi connectivity index (χ1v) is 14.4. The SMILES string of the molecule is COC[C@H]1CN(c2ccc3c(=O)n(CCc4c(C)cc(C(=O)NC5COC5)cc4C)c([C@H]4CCO4)nc3c2)CCO1. The number of aryl methyl sites for hydroxylation is 2. The lowest BCUT2D eigenvalue weighted by Crippen LogP contribution is -2.48. The number of morpholine rings is 1. The lowest BCUT2D eigenvalue weighted by molar-refractivity contribution is -0.0604. The summed E-state index contributed by atoms with van der Waals surface area (Å²) in [6.45, 7) is 8.98. The molecule has 3 aliphatic rings. The van der Waals surface area contributed by atoms with Gasteiger partial charge in [0.05, 0.1) is 56.1 Å². The second kappa shape index (κ2) is 11.9. The van der Waals surface area contributed by atoms with E-state index in [-0.39, 0.29) is 29.7 Å². The molecule has 0 spiro atoms. The molecule has 3 aliphatic heterocycles. The summed E-state index contributed by atoms with van der Waals surface area (Å²) >= 11 is 0. The molecule has 6 rings (SSSR count). The lowest BCUT2D eigenvalue weighted by atomic mass is 9.96. The number of hydrogen-bond acceptors (Lipinski definition) is 8. The quantitative estimate of drug-likeness (QED) is 0.425. The third-order valence-corrected chi connectivity index (χ3v) is 8.33. The van der Waals surface area contributed by atoms with E-state index in [0.29, 0.717) is 68.3 Å². The average Bonchev–Trinajstić information content (AvgIpc) is 2.90. The van der Waals surface area contributed by atoms with E-state index >= 15 is 0 Å². The summed E-state index contributed by atoms with van der Waals surface area (Å²) in [5.74, 6) is 0.597. The van der Waals surface area contributed by atoms with Crippen molar-refractivity contribution in [2.75, 3.05) is 58.1 Å². The van der Waals surface area contributed by atoms with Crippen LogP contribution in [0.25, 0.3) is 10.9 Å². The van der Waals surface area contributed by atoms with Crippen LogP contribution in [-0.4, -0.2) is 80.8 Å². The van der Waals surface area contributed by atoms with Crippen molar-refractivity contribution in [3.8, 4) is 0 Å². The first kappa shape index (κ1) is 27.8. The number of carbonyl (C=O) groups is 1. The number of benzene rings is 2. The molecule has 3 fully saturated rings. The molecule has 3 saturated heterocycles. The van der Waals surface area contributed by atoms with Gasteiger partial charge in [-0.1, -0.05) is 0 Å². The molecule has 10 heteroatoms. The molecule has 0 aliphatic carbocycles. The third kappa shape index (κ3) is 5.74. The highest BCUT2D eigenvalue weighted by Crippen LogP contribution is 2.30. The van der Waals surface area contributed by atoms with Crippen LogP contribution in [-0.2, 0) is 31.9 Å². The van der Waals surface area contributed by atoms with Crippen molar-refractivity contribution in [1.82, 2.24) is 14.9 Å². The van der Waals surface area contributed by atoms with Gasteiger partial charge in [-0.25, -0.2) is 4.98 Å². The molecule has 0 radical (unpaired) electrons. The molecule has 0 bridgehead atoms. The summed E-state index contributed by atoms with van der Waals surface area (Å²) in [7, 11) is 1.68. The lowest BCUT2D eigenvalue weighted by Gasteiger charge is -2.34. The monoisotopic (exact) mass is 562 g/mol. The Kier molecular flexibility index (Phi) is 8.07. The van der Waals surface area contributed by atoms with Crippen molar-refractivity contribution in [2.45, 2.75) is 51.5 Å². The number of rotatable bonds is 9. The molecule has 1 aromatic heterocycles. The van der Waals surface area contributed by atoms with Crippen LogP contribution in [0.4, 0.5) is 5.69 Å². The Morgan fingerprint density at radius 2 is 1.90 bits per heavy atom. The largest absolute Gasteiger partial charge is 0.382 e. The minimum absolute atomic E-state index is 0.0112. The van der Waals surface area contributed by atoms with Crippen LogP contribution >= 0.6 is 0 Å². The Bertz CT molecular complexity index is 1470. The Balaban J connectivity index is 1.26. The van der Waals surface area contributed by atoms with Crippen molar-refractivity contribution in [2.24, 2.45) is 0 Å². The summed E-state index contributed by atoms with van der Waals surface area (Å²) in [6.07, 6.45) is 1.31. The molecule has 10 nitrogen and oxygen atoms in total. The fraction of sp³-hybridized carbons (Fsp3) is 0.516. The van der Waals surface area contributed by atoms with Crippen LogP contribution in [0.1, 0.15) is 45.4 Å². The maximum atomic E-state index is 13.8. The van der Waals surface area contributed by atoms with Gasteiger partial charge in [0.15, 0.2) is 0 Å². The Labute approximate surface area is 239 Å². The second-order valence-electron chi connectivity index (χ2n) is 11.2. The highest BCUT2D eigenvalue weighted by molar-refractivity contribution is 5.95. The summed E-state index contributed by atoms with van der Waals surface area (Å²) in [4.78, 5) is 33.8. The van der Waals surface area contributed by atoms with Gasteiger partial charge < -0.3 is 29.2 Å². The Morgan fingerprint density at radius 3 is 2.56 bits per heavy atom. The van der Waals surface area contributed by atoms with Crippen molar-refractivity contribution in [3.63, 3.8) is 0 Å². The first-order chi connectivity index (χ1) is 19.9. The number of carbonyl (C=O) groups excluding carboxylic acids is 1. The fourth-order valence-electron chi connectivity index (χ4n) is 5.90. The highest BCUT2D eigenvalue weighted by atomic mass is 16.5. The number of nitrogens with one attached hydrogen (secondary N) is 1. The van der Waals surface area contributed by atoms with E-state index in [1.54, 1.807) is 11.7 Å². The Morgan fingerprint density at radius 1 is 1.12 bits per heavy atom. The maximum Gasteiger partial charge on any atom is 0.261 e. The normalized spacial score (nSPS) is 21.0. The van der Waals surface area contributed by atoms with Crippen LogP contribution in [0.5, 0.6) is 0 Å². The number of nitrogens with zero attached hydrogens (tertiary/aromatic N) is 3. The van der Waals surface area contributed by atoms with E-state index in [4.69, 9.17) is 23.9 Å². The molecular weight excluding hydrogens is 524 g/mol. The van der Waals surface area contributed by atoms with Crippen LogP contribution in [0.15, 0.2) is 35.1 Å². The molecule has 2 aromatic carbocycles. The van der Waals surface area contributed by atoms with Crippen LogP contribution in [0, 0.1) is 13.8 Å². The van der Waals surface area contributed by atoms with E-state index < -0.39 is 0 Å². The van der Waals surface area contributed by atoms with Gasteiger partial charge >= 0.3 is 0 Å². The van der Waals surface area contributed by atoms with Gasteiger partial charge in [0.25, 0.3) is 11.5 Å². The van der Waals surface area contributed by atoms with E-state index in [2.05, 4.69) is 10.2 Å². The topological polar surface area (TPSA) is 104 Å². The number of ether oxygens (including phenoxy) is 4. The van der Waals surface area contributed by atoms with Crippen molar-refractivity contribution in [1.29, 1.82) is 0 Å². The van der Waals surface area contributed by atoms with E-state index in [0.717, 1.165) is 41.9 Å². The van der Waals surface area contributed by atoms with E-state index in [1.807, 2.05) is 44.2 Å². The number of anilines is 1. The minimum Gasteiger partial charge on any atom is -0.382 e. The number of hydrogen-bond donors (Lipinski definition) is 1. The van der Waals surface area contributed by atoms with E-state index in [9.17, 15) is 9.59 Å². The molecule has 41 heavy (non-hydrogen) atoms. The van der Waals surface area contributed by atoms with Crippen molar-refractivity contribution < 1.29 is 23.7 Å². The van der Waals surface area contributed by atoms with Gasteiger partial charge in [0, 0.05) is 44.4 Å². The fourth-order valence-corrected chi connectivity index (χ4v) is 5.90. The molecule has 2 atom stereocenters. The highest BCUT2D eigenvalue weighted by Gasteiger charge is 2.28. The average molecular weight is 563 g/mol. The van der Waals surface area contributed by atoms with Crippen molar-refractivity contribution in [3.05, 3.63) is 68.8 Å². The predicted molar refractivity (Wildman–Crippen MR) is 155 cm³/mol. The van der Waals surface area contributed by atoms with Gasteiger partial charge in [-0.3, -0.25) is 14.2 Å². The summed E-state index contributed by atoms with van der Waals surface area (Å²) in [5.41, 5.74) is 5.49. The molecule has 218 valence electrons. The zero-order valence-electron chi connectivity index (χ0n) is 24.0. The zero-order valence-corrected chi connectivity index (χ0v) is 24.0. The van der Waals surface area contributed by atoms with E-state index in [1.165, 1.54) is 0 Å². The second-order valence-corrected chi connectivity index (χ2v) is 11.2. The molecule has 0 unspecified atom stereocenters. The third-order valence-electron chi connectivity index (χ3n) is 8.33. The molecule has 3 aromatic rings. The number of aromatic nitrogens is 2. The summed E-state index contributed by atoms with van der Waals surface area (Å²) < 4.78 is 23.9. The van der Waals surface area contributed by atoms with Crippen LogP contribution < -0.4 is 15.8 Å². The van der Waals surface area contributed by atoms with Crippen molar-refractivity contribution >= 4 is 22.5 Å². The first-order valence-electron chi connectivity index (χ1n) is 14.4. The van der Waals surface area contributed by atoms with Crippen LogP contribution in [0.3, 0.4) is 0 Å². The Hall–Kier alpha value is -3.31. The van der Waals surface area contributed by atoms with Gasteiger partial charge in [0.1, 0.15) is 11.9 Å². The maximum absolute atomic E-state index is 13.8. The van der Waals surface area contributed by atoms with Gasteiger partial charge in [-0.05, 0) is 67.3 Å². The summed E-state index contributed by atoms with van der Waals surface area (Å²) in [6, 6.07) is 9.84. The summed E-state index contributed by atoms with van der Waals surface area (Å²) in [5, 5.41) is 3.60. The van der Waals surface area contributed by atoms with Gasteiger partial charge in [-0.15, -0.1) is 0 Å². The molecule has 1 amide bonds. The predicted octanol–water partition coefficient (Wildman–Crippen LogP) is 2.70. The zero-order chi connectivity index (χ0) is 28.5. The number of methoxy groups -OCH3 is 1. The molecular formula is C31H38N4O6.